The topological polar surface area (TPSA) is 52.9 Å². The molecule has 1 aromatic heterocycles. The molecule has 0 bridgehead atoms. The maximum absolute atomic E-state index is 5.09. The van der Waals surface area contributed by atoms with E-state index in [2.05, 4.69) is 5.10 Å². The molecule has 5 nitrogen and oxygen atoms in total. The van der Waals surface area contributed by atoms with Crippen molar-refractivity contribution in [3.05, 3.63) is 12.4 Å². The number of nitrogens with two attached hydrogens (primary N) is 1. The predicted molar refractivity (Wildman–Crippen MR) is 45.1 cm³/mol. The molecule has 0 atom stereocenters. The van der Waals surface area contributed by atoms with Crippen molar-refractivity contribution < 1.29 is 15.1 Å². The van der Waals surface area contributed by atoms with Crippen LogP contribution in [0.15, 0.2) is 12.4 Å². The van der Waals surface area contributed by atoms with Crippen molar-refractivity contribution in [3.8, 4) is 0 Å². The Morgan fingerprint density at radius 2 is 2.62 bits per heavy atom. The molecule has 1 saturated heterocycles. The standard InChI is InChI=1S/C8H13N3O2/c1-12-10-8-2-9-11(4-8)3-7-5-13-6-7/h2,4,7,10H,3,5-6H2,1H3/p+1. The molecule has 2 rings (SSSR count). The summed E-state index contributed by atoms with van der Waals surface area (Å²) < 4.78 is 7.02. The van der Waals surface area contributed by atoms with Gasteiger partial charge in [-0.25, -0.2) is 4.84 Å². The third-order valence-corrected chi connectivity index (χ3v) is 2.06. The highest BCUT2D eigenvalue weighted by atomic mass is 16.6. The molecule has 0 aromatic carbocycles. The summed E-state index contributed by atoms with van der Waals surface area (Å²) in [6, 6.07) is 0. The van der Waals surface area contributed by atoms with E-state index in [9.17, 15) is 0 Å². The molecule has 1 aliphatic heterocycles. The second kappa shape index (κ2) is 3.87. The normalized spacial score (nSPS) is 17.3. The first-order valence-corrected chi connectivity index (χ1v) is 4.34. The zero-order chi connectivity index (χ0) is 9.10. The molecule has 2 heterocycles. The van der Waals surface area contributed by atoms with Gasteiger partial charge in [0.05, 0.1) is 26.5 Å². The molecule has 0 spiro atoms. The van der Waals surface area contributed by atoms with Gasteiger partial charge < -0.3 is 4.74 Å². The van der Waals surface area contributed by atoms with E-state index in [1.165, 1.54) is 0 Å². The minimum atomic E-state index is 0.635. The van der Waals surface area contributed by atoms with Gasteiger partial charge in [-0.05, 0) is 0 Å². The van der Waals surface area contributed by atoms with Gasteiger partial charge in [0.2, 0.25) is 0 Å². The molecule has 0 unspecified atom stereocenters. The Kier molecular flexibility index (Phi) is 2.58. The summed E-state index contributed by atoms with van der Waals surface area (Å²) >= 11 is 0. The van der Waals surface area contributed by atoms with Crippen LogP contribution >= 0.6 is 0 Å². The van der Waals surface area contributed by atoms with Crippen LogP contribution in [0.25, 0.3) is 0 Å². The van der Waals surface area contributed by atoms with Gasteiger partial charge in [0.1, 0.15) is 6.20 Å². The smallest absolute Gasteiger partial charge is 0.200 e. The lowest BCUT2D eigenvalue weighted by Gasteiger charge is -2.25. The second-order valence-corrected chi connectivity index (χ2v) is 3.25. The van der Waals surface area contributed by atoms with E-state index in [1.807, 2.05) is 10.9 Å². The lowest BCUT2D eigenvalue weighted by molar-refractivity contribution is -0.830. The van der Waals surface area contributed by atoms with Crippen molar-refractivity contribution in [3.63, 3.8) is 0 Å². The van der Waals surface area contributed by atoms with E-state index >= 15 is 0 Å². The van der Waals surface area contributed by atoms with Gasteiger partial charge in [0.15, 0.2) is 5.69 Å². The molecule has 0 aliphatic carbocycles. The Morgan fingerprint density at radius 3 is 3.23 bits per heavy atom. The van der Waals surface area contributed by atoms with E-state index in [-0.39, 0.29) is 0 Å². The number of quaternary nitrogens is 1. The van der Waals surface area contributed by atoms with Crippen molar-refractivity contribution in [2.75, 3.05) is 20.3 Å². The van der Waals surface area contributed by atoms with Gasteiger partial charge >= 0.3 is 0 Å². The van der Waals surface area contributed by atoms with Crippen LogP contribution in [-0.2, 0) is 16.1 Å². The lowest BCUT2D eigenvalue weighted by atomic mass is 10.1. The fourth-order valence-corrected chi connectivity index (χ4v) is 1.33. The van der Waals surface area contributed by atoms with Crippen LogP contribution in [-0.4, -0.2) is 30.1 Å². The Bertz CT molecular complexity index is 270. The van der Waals surface area contributed by atoms with Gasteiger partial charge in [-0.1, -0.05) is 0 Å². The van der Waals surface area contributed by atoms with E-state index in [0.717, 1.165) is 25.4 Å². The largest absolute Gasteiger partial charge is 0.381 e. The van der Waals surface area contributed by atoms with Gasteiger partial charge in [-0.2, -0.15) is 10.6 Å². The van der Waals surface area contributed by atoms with Gasteiger partial charge in [0.25, 0.3) is 0 Å². The van der Waals surface area contributed by atoms with Crippen LogP contribution in [0.5, 0.6) is 0 Å². The minimum Gasteiger partial charge on any atom is -0.381 e. The summed E-state index contributed by atoms with van der Waals surface area (Å²) in [4.78, 5) is 4.88. The van der Waals surface area contributed by atoms with Crippen molar-refractivity contribution in [1.82, 2.24) is 9.78 Å². The number of hydrogen-bond acceptors (Lipinski definition) is 3. The average Bonchev–Trinajstić information content (AvgIpc) is 2.46. The highest BCUT2D eigenvalue weighted by Gasteiger charge is 2.19. The molecular formula is C8H14N3O2+. The minimum absolute atomic E-state index is 0.635. The quantitative estimate of drug-likeness (QED) is 0.629. The van der Waals surface area contributed by atoms with E-state index < -0.39 is 0 Å². The van der Waals surface area contributed by atoms with Crippen LogP contribution < -0.4 is 5.48 Å². The first-order chi connectivity index (χ1) is 6.38. The number of nitrogens with zero attached hydrogens (tertiary/aromatic N) is 2. The lowest BCUT2D eigenvalue weighted by Crippen LogP contribution is -2.75. The van der Waals surface area contributed by atoms with Crippen LogP contribution in [0.1, 0.15) is 0 Å². The molecule has 1 fully saturated rings. The molecular weight excluding hydrogens is 170 g/mol. The van der Waals surface area contributed by atoms with E-state index in [4.69, 9.17) is 9.57 Å². The molecule has 2 N–H and O–H groups in total. The summed E-state index contributed by atoms with van der Waals surface area (Å²) in [5.41, 5.74) is 2.68. The molecule has 5 heteroatoms. The average molecular weight is 184 g/mol. The molecule has 1 aromatic rings. The van der Waals surface area contributed by atoms with E-state index in [0.29, 0.717) is 5.92 Å². The highest BCUT2D eigenvalue weighted by Crippen LogP contribution is 2.12. The molecule has 0 saturated carbocycles. The zero-order valence-corrected chi connectivity index (χ0v) is 7.64. The third-order valence-electron chi connectivity index (χ3n) is 2.06. The Hall–Kier alpha value is -0.910. The molecule has 13 heavy (non-hydrogen) atoms. The Labute approximate surface area is 76.6 Å². The summed E-state index contributed by atoms with van der Waals surface area (Å²) in [5.74, 6) is 0.635. The molecule has 1 aliphatic rings. The molecule has 72 valence electrons. The third kappa shape index (κ3) is 2.06. The van der Waals surface area contributed by atoms with Gasteiger partial charge in [-0.15, -0.1) is 0 Å². The highest BCUT2D eigenvalue weighted by molar-refractivity contribution is 5.18. The maximum Gasteiger partial charge on any atom is 0.200 e. The first kappa shape index (κ1) is 8.68. The Morgan fingerprint density at radius 1 is 1.77 bits per heavy atom. The Balaban J connectivity index is 1.88. The van der Waals surface area contributed by atoms with Crippen LogP contribution in [0.3, 0.4) is 0 Å². The summed E-state index contributed by atoms with van der Waals surface area (Å²) in [5, 5.41) is 4.21. The van der Waals surface area contributed by atoms with Crippen LogP contribution in [0, 0.1) is 5.92 Å². The van der Waals surface area contributed by atoms with Crippen molar-refractivity contribution in [2.45, 2.75) is 6.54 Å². The number of rotatable bonds is 4. The fraction of sp³-hybridized carbons (Fsp3) is 0.625. The molecule has 0 radical (unpaired) electrons. The van der Waals surface area contributed by atoms with Crippen molar-refractivity contribution in [2.24, 2.45) is 5.92 Å². The monoisotopic (exact) mass is 184 g/mol. The van der Waals surface area contributed by atoms with Crippen LogP contribution in [0.4, 0.5) is 5.69 Å². The number of hydrogen-bond donors (Lipinski definition) is 1. The number of aromatic nitrogens is 2. The van der Waals surface area contributed by atoms with E-state index in [1.54, 1.807) is 18.8 Å². The summed E-state index contributed by atoms with van der Waals surface area (Å²) in [6.45, 7) is 2.67. The van der Waals surface area contributed by atoms with Crippen molar-refractivity contribution in [1.29, 1.82) is 0 Å². The van der Waals surface area contributed by atoms with Crippen molar-refractivity contribution >= 4 is 5.69 Å². The SMILES string of the molecule is CO[NH2+]c1cnn(CC2COC2)c1. The summed E-state index contributed by atoms with van der Waals surface area (Å²) in [7, 11) is 1.64. The second-order valence-electron chi connectivity index (χ2n) is 3.25. The van der Waals surface area contributed by atoms with Crippen LogP contribution in [0.2, 0.25) is 0 Å². The fourth-order valence-electron chi connectivity index (χ4n) is 1.33. The number of ether oxygens (including phenoxy) is 1. The van der Waals surface area contributed by atoms with Gasteiger partial charge in [0, 0.05) is 12.5 Å². The molecule has 0 amide bonds. The predicted octanol–water partition coefficient (Wildman–Crippen LogP) is -0.714. The first-order valence-electron chi connectivity index (χ1n) is 4.34. The zero-order valence-electron chi connectivity index (χ0n) is 7.64. The summed E-state index contributed by atoms with van der Waals surface area (Å²) in [6.07, 6.45) is 3.77. The van der Waals surface area contributed by atoms with Gasteiger partial charge in [-0.3, -0.25) is 4.68 Å². The maximum atomic E-state index is 5.09.